The number of benzene rings is 3. The zero-order valence-electron chi connectivity index (χ0n) is 17.1. The van der Waals surface area contributed by atoms with Gasteiger partial charge in [0, 0.05) is 5.56 Å². The van der Waals surface area contributed by atoms with Crippen LogP contribution < -0.4 is 14.2 Å². The number of hydrogen-bond donors (Lipinski definition) is 0. The standard InChI is InChI=1S/C25H26O4/c1-4-5-14-28-25-23(27-3)15-19(17-26)16-24(25)29-22-12-10-21(11-13-22)20-8-6-18(2)7-9-20/h6-13,15-17H,4-5,14H2,1-3H3. The fraction of sp³-hybridized carbons (Fsp3) is 0.240. The van der Waals surface area contributed by atoms with Crippen molar-refractivity contribution in [3.63, 3.8) is 0 Å². The summed E-state index contributed by atoms with van der Waals surface area (Å²) in [5.74, 6) is 2.11. The zero-order chi connectivity index (χ0) is 20.6. The van der Waals surface area contributed by atoms with E-state index in [1.54, 1.807) is 19.2 Å². The lowest BCUT2D eigenvalue weighted by Crippen LogP contribution is -2.02. The maximum Gasteiger partial charge on any atom is 0.204 e. The Labute approximate surface area is 172 Å². The molecule has 0 spiro atoms. The Morgan fingerprint density at radius 2 is 1.52 bits per heavy atom. The lowest BCUT2D eigenvalue weighted by molar-refractivity contribution is 0.112. The minimum atomic E-state index is 0.464. The second-order valence-electron chi connectivity index (χ2n) is 6.86. The van der Waals surface area contributed by atoms with E-state index >= 15 is 0 Å². The van der Waals surface area contributed by atoms with Gasteiger partial charge in [-0.15, -0.1) is 0 Å². The quantitative estimate of drug-likeness (QED) is 0.311. The van der Waals surface area contributed by atoms with Gasteiger partial charge in [-0.05, 0) is 48.7 Å². The normalized spacial score (nSPS) is 10.4. The van der Waals surface area contributed by atoms with Crippen LogP contribution in [0.1, 0.15) is 35.7 Å². The fourth-order valence-corrected chi connectivity index (χ4v) is 2.94. The molecule has 29 heavy (non-hydrogen) atoms. The van der Waals surface area contributed by atoms with Crippen molar-refractivity contribution in [2.45, 2.75) is 26.7 Å². The van der Waals surface area contributed by atoms with Crippen LogP contribution in [0, 0.1) is 6.92 Å². The molecule has 0 aromatic heterocycles. The summed E-state index contributed by atoms with van der Waals surface area (Å²) in [6.45, 7) is 4.72. The summed E-state index contributed by atoms with van der Waals surface area (Å²) in [6.07, 6.45) is 2.71. The SMILES string of the molecule is CCCCOc1c(OC)cc(C=O)cc1Oc1ccc(-c2ccc(C)cc2)cc1. The molecule has 3 aromatic carbocycles. The molecular formula is C25H26O4. The van der Waals surface area contributed by atoms with E-state index < -0.39 is 0 Å². The van der Waals surface area contributed by atoms with E-state index in [1.807, 2.05) is 24.3 Å². The third kappa shape index (κ3) is 5.17. The molecule has 0 radical (unpaired) electrons. The summed E-state index contributed by atoms with van der Waals surface area (Å²) in [5.41, 5.74) is 3.95. The number of ether oxygens (including phenoxy) is 3. The maximum atomic E-state index is 11.3. The van der Waals surface area contributed by atoms with E-state index in [2.05, 4.69) is 38.1 Å². The van der Waals surface area contributed by atoms with E-state index in [4.69, 9.17) is 14.2 Å². The molecule has 0 aliphatic carbocycles. The van der Waals surface area contributed by atoms with E-state index in [9.17, 15) is 4.79 Å². The molecule has 4 heteroatoms. The third-order valence-electron chi connectivity index (χ3n) is 4.61. The van der Waals surface area contributed by atoms with Crippen LogP contribution in [0.4, 0.5) is 0 Å². The highest BCUT2D eigenvalue weighted by Gasteiger charge is 2.16. The Kier molecular flexibility index (Phi) is 6.90. The highest BCUT2D eigenvalue weighted by molar-refractivity contribution is 5.78. The van der Waals surface area contributed by atoms with Crippen molar-refractivity contribution in [3.8, 4) is 34.1 Å². The molecular weight excluding hydrogens is 364 g/mol. The third-order valence-corrected chi connectivity index (χ3v) is 4.61. The maximum absolute atomic E-state index is 11.3. The second kappa shape index (κ2) is 9.78. The molecule has 0 aliphatic heterocycles. The van der Waals surface area contributed by atoms with Gasteiger partial charge in [0.2, 0.25) is 5.75 Å². The summed E-state index contributed by atoms with van der Waals surface area (Å²) in [5, 5.41) is 0. The number of aryl methyl sites for hydroxylation is 1. The summed E-state index contributed by atoms with van der Waals surface area (Å²) in [4.78, 5) is 11.3. The number of hydrogen-bond acceptors (Lipinski definition) is 4. The molecule has 0 atom stereocenters. The number of aldehydes is 1. The summed E-state index contributed by atoms with van der Waals surface area (Å²) in [7, 11) is 1.55. The molecule has 150 valence electrons. The molecule has 0 saturated heterocycles. The summed E-state index contributed by atoms with van der Waals surface area (Å²) in [6, 6.07) is 19.6. The van der Waals surface area contributed by atoms with Gasteiger partial charge in [-0.2, -0.15) is 0 Å². The van der Waals surface area contributed by atoms with Crippen molar-refractivity contribution < 1.29 is 19.0 Å². The first-order valence-electron chi connectivity index (χ1n) is 9.79. The lowest BCUT2D eigenvalue weighted by Gasteiger charge is -2.16. The van der Waals surface area contributed by atoms with Crippen LogP contribution in [0.25, 0.3) is 11.1 Å². The van der Waals surface area contributed by atoms with Crippen LogP contribution in [0.5, 0.6) is 23.0 Å². The molecule has 0 aliphatic rings. The minimum Gasteiger partial charge on any atom is -0.493 e. The molecule has 0 heterocycles. The average Bonchev–Trinajstić information content (AvgIpc) is 2.75. The van der Waals surface area contributed by atoms with Gasteiger partial charge in [0.1, 0.15) is 12.0 Å². The first-order chi connectivity index (χ1) is 14.1. The highest BCUT2D eigenvalue weighted by Crippen LogP contribution is 2.41. The van der Waals surface area contributed by atoms with Crippen molar-refractivity contribution in [1.29, 1.82) is 0 Å². The number of carbonyl (C=O) groups excluding carboxylic acids is 1. The Balaban J connectivity index is 1.87. The first kappa shape index (κ1) is 20.5. The topological polar surface area (TPSA) is 44.8 Å². The molecule has 4 nitrogen and oxygen atoms in total. The van der Waals surface area contributed by atoms with Crippen LogP contribution >= 0.6 is 0 Å². The number of carbonyl (C=O) groups is 1. The minimum absolute atomic E-state index is 0.464. The van der Waals surface area contributed by atoms with Gasteiger partial charge in [-0.1, -0.05) is 55.3 Å². The van der Waals surface area contributed by atoms with Crippen LogP contribution in [0.15, 0.2) is 60.7 Å². The van der Waals surface area contributed by atoms with E-state index in [0.29, 0.717) is 35.2 Å². The smallest absolute Gasteiger partial charge is 0.204 e. The van der Waals surface area contributed by atoms with Crippen molar-refractivity contribution in [1.82, 2.24) is 0 Å². The van der Waals surface area contributed by atoms with E-state index in [1.165, 1.54) is 5.56 Å². The van der Waals surface area contributed by atoms with Crippen LogP contribution in [-0.4, -0.2) is 20.0 Å². The molecule has 0 N–H and O–H groups in total. The van der Waals surface area contributed by atoms with E-state index in [0.717, 1.165) is 30.3 Å². The summed E-state index contributed by atoms with van der Waals surface area (Å²) >= 11 is 0. The Bertz CT molecular complexity index is 944. The van der Waals surface area contributed by atoms with Gasteiger partial charge in [-0.25, -0.2) is 0 Å². The van der Waals surface area contributed by atoms with Crippen molar-refractivity contribution in [2.75, 3.05) is 13.7 Å². The lowest BCUT2D eigenvalue weighted by atomic mass is 10.0. The monoisotopic (exact) mass is 390 g/mol. The van der Waals surface area contributed by atoms with Gasteiger partial charge >= 0.3 is 0 Å². The highest BCUT2D eigenvalue weighted by atomic mass is 16.5. The van der Waals surface area contributed by atoms with Gasteiger partial charge in [-0.3, -0.25) is 4.79 Å². The second-order valence-corrected chi connectivity index (χ2v) is 6.86. The molecule has 0 saturated carbocycles. The molecule has 3 rings (SSSR count). The summed E-state index contributed by atoms with van der Waals surface area (Å²) < 4.78 is 17.4. The molecule has 0 bridgehead atoms. The van der Waals surface area contributed by atoms with Gasteiger partial charge in [0.25, 0.3) is 0 Å². The van der Waals surface area contributed by atoms with Crippen LogP contribution in [0.2, 0.25) is 0 Å². The predicted octanol–water partition coefficient (Wildman–Crippen LogP) is 6.45. The van der Waals surface area contributed by atoms with Crippen molar-refractivity contribution in [3.05, 3.63) is 71.8 Å². The zero-order valence-corrected chi connectivity index (χ0v) is 17.1. The van der Waals surface area contributed by atoms with Crippen LogP contribution in [-0.2, 0) is 0 Å². The molecule has 0 amide bonds. The largest absolute Gasteiger partial charge is 0.493 e. The first-order valence-corrected chi connectivity index (χ1v) is 9.79. The Morgan fingerprint density at radius 3 is 2.10 bits per heavy atom. The number of methoxy groups -OCH3 is 1. The Morgan fingerprint density at radius 1 is 0.897 bits per heavy atom. The Hall–Kier alpha value is -3.27. The predicted molar refractivity (Wildman–Crippen MR) is 115 cm³/mol. The van der Waals surface area contributed by atoms with Crippen LogP contribution in [0.3, 0.4) is 0 Å². The van der Waals surface area contributed by atoms with Crippen molar-refractivity contribution >= 4 is 6.29 Å². The molecule has 0 unspecified atom stereocenters. The fourth-order valence-electron chi connectivity index (χ4n) is 2.94. The molecule has 3 aromatic rings. The number of unbranched alkanes of at least 4 members (excludes halogenated alkanes) is 1. The van der Waals surface area contributed by atoms with E-state index in [-0.39, 0.29) is 0 Å². The van der Waals surface area contributed by atoms with Crippen molar-refractivity contribution in [2.24, 2.45) is 0 Å². The number of rotatable bonds is 9. The average molecular weight is 390 g/mol. The van der Waals surface area contributed by atoms with Gasteiger partial charge in [0.05, 0.1) is 13.7 Å². The van der Waals surface area contributed by atoms with Gasteiger partial charge < -0.3 is 14.2 Å². The molecule has 0 fully saturated rings. The van der Waals surface area contributed by atoms with Gasteiger partial charge in [0.15, 0.2) is 11.5 Å².